The Morgan fingerprint density at radius 1 is 1.40 bits per heavy atom. The predicted molar refractivity (Wildman–Crippen MR) is 78.0 cm³/mol. The van der Waals surface area contributed by atoms with Crippen molar-refractivity contribution in [3.05, 3.63) is 29.3 Å². The van der Waals surface area contributed by atoms with Crippen molar-refractivity contribution in [2.75, 3.05) is 13.2 Å². The molecular formula is C15H20ClNO3. The highest BCUT2D eigenvalue weighted by molar-refractivity contribution is 6.30. The molecule has 0 radical (unpaired) electrons. The number of ether oxygens (including phenoxy) is 1. The monoisotopic (exact) mass is 297 g/mol. The zero-order valence-corrected chi connectivity index (χ0v) is 12.2. The Bertz CT molecular complexity index is 458. The lowest BCUT2D eigenvalue weighted by Gasteiger charge is -2.27. The molecule has 2 N–H and O–H groups in total. The molecule has 20 heavy (non-hydrogen) atoms. The SMILES string of the molecule is O=C(CCOc1cccc(Cl)c1)NC1(CO)CCCC1. The number of nitrogens with one attached hydrogen (secondary N) is 1. The first kappa shape index (κ1) is 15.1. The summed E-state index contributed by atoms with van der Waals surface area (Å²) >= 11 is 5.85. The molecule has 0 heterocycles. The molecule has 110 valence electrons. The van der Waals surface area contributed by atoms with E-state index in [4.69, 9.17) is 16.3 Å². The number of carbonyl (C=O) groups is 1. The third-order valence-electron chi connectivity index (χ3n) is 3.66. The number of benzene rings is 1. The first-order valence-electron chi connectivity index (χ1n) is 6.94. The second kappa shape index (κ2) is 6.95. The molecule has 1 aliphatic carbocycles. The van der Waals surface area contributed by atoms with E-state index in [0.717, 1.165) is 25.7 Å². The van der Waals surface area contributed by atoms with Crippen LogP contribution in [0.2, 0.25) is 5.02 Å². The van der Waals surface area contributed by atoms with Gasteiger partial charge in [0.15, 0.2) is 0 Å². The largest absolute Gasteiger partial charge is 0.493 e. The fourth-order valence-electron chi connectivity index (χ4n) is 2.55. The van der Waals surface area contributed by atoms with Crippen molar-refractivity contribution in [2.45, 2.75) is 37.6 Å². The number of amides is 1. The number of hydrogen-bond donors (Lipinski definition) is 2. The molecule has 0 spiro atoms. The number of rotatable bonds is 6. The van der Waals surface area contributed by atoms with Gasteiger partial charge in [0.05, 0.1) is 25.2 Å². The lowest BCUT2D eigenvalue weighted by Crippen LogP contribution is -2.49. The Labute approximate surface area is 124 Å². The van der Waals surface area contributed by atoms with Crippen LogP contribution in [-0.2, 0) is 4.79 Å². The van der Waals surface area contributed by atoms with Crippen molar-refractivity contribution in [1.82, 2.24) is 5.32 Å². The van der Waals surface area contributed by atoms with E-state index in [0.29, 0.717) is 17.4 Å². The zero-order chi connectivity index (χ0) is 14.4. The first-order valence-corrected chi connectivity index (χ1v) is 7.32. The van der Waals surface area contributed by atoms with Crippen LogP contribution in [0, 0.1) is 0 Å². The molecule has 0 bridgehead atoms. The van der Waals surface area contributed by atoms with Gasteiger partial charge in [-0.2, -0.15) is 0 Å². The summed E-state index contributed by atoms with van der Waals surface area (Å²) in [5, 5.41) is 13.0. The molecule has 1 amide bonds. The summed E-state index contributed by atoms with van der Waals surface area (Å²) in [4.78, 5) is 11.9. The molecule has 1 fully saturated rings. The van der Waals surface area contributed by atoms with Crippen molar-refractivity contribution in [3.8, 4) is 5.75 Å². The fraction of sp³-hybridized carbons (Fsp3) is 0.533. The lowest BCUT2D eigenvalue weighted by molar-refractivity contribution is -0.124. The van der Waals surface area contributed by atoms with Crippen LogP contribution in [0.25, 0.3) is 0 Å². The maximum absolute atomic E-state index is 11.9. The maximum Gasteiger partial charge on any atom is 0.223 e. The highest BCUT2D eigenvalue weighted by Crippen LogP contribution is 2.29. The topological polar surface area (TPSA) is 58.6 Å². The minimum absolute atomic E-state index is 0.00783. The van der Waals surface area contributed by atoms with Gasteiger partial charge in [-0.1, -0.05) is 30.5 Å². The summed E-state index contributed by atoms with van der Waals surface area (Å²) < 4.78 is 5.48. The summed E-state index contributed by atoms with van der Waals surface area (Å²) in [6.45, 7) is 0.307. The first-order chi connectivity index (χ1) is 9.63. The summed E-state index contributed by atoms with van der Waals surface area (Å²) in [7, 11) is 0. The van der Waals surface area contributed by atoms with Crippen LogP contribution < -0.4 is 10.1 Å². The summed E-state index contributed by atoms with van der Waals surface area (Å²) in [5.41, 5.74) is -0.410. The van der Waals surface area contributed by atoms with Crippen LogP contribution >= 0.6 is 11.6 Å². The van der Waals surface area contributed by atoms with Gasteiger partial charge in [0.2, 0.25) is 5.91 Å². The average Bonchev–Trinajstić information content (AvgIpc) is 2.88. The van der Waals surface area contributed by atoms with E-state index in [1.807, 2.05) is 0 Å². The van der Waals surface area contributed by atoms with E-state index < -0.39 is 5.54 Å². The van der Waals surface area contributed by atoms with Gasteiger partial charge in [-0.3, -0.25) is 4.79 Å². The van der Waals surface area contributed by atoms with Gasteiger partial charge < -0.3 is 15.2 Å². The van der Waals surface area contributed by atoms with E-state index in [-0.39, 0.29) is 18.9 Å². The third-order valence-corrected chi connectivity index (χ3v) is 3.90. The van der Waals surface area contributed by atoms with E-state index >= 15 is 0 Å². The molecule has 1 aromatic carbocycles. The molecule has 0 aromatic heterocycles. The van der Waals surface area contributed by atoms with Crippen LogP contribution in [0.3, 0.4) is 0 Å². The molecule has 1 aliphatic rings. The van der Waals surface area contributed by atoms with Crippen LogP contribution in [-0.4, -0.2) is 29.8 Å². The zero-order valence-electron chi connectivity index (χ0n) is 11.4. The highest BCUT2D eigenvalue weighted by atomic mass is 35.5. The summed E-state index contributed by atoms with van der Waals surface area (Å²) in [6.07, 6.45) is 4.09. The Balaban J connectivity index is 1.75. The molecule has 0 aliphatic heterocycles. The molecule has 4 nitrogen and oxygen atoms in total. The number of hydrogen-bond acceptors (Lipinski definition) is 3. The van der Waals surface area contributed by atoms with Crippen LogP contribution in [0.15, 0.2) is 24.3 Å². The molecule has 0 saturated heterocycles. The van der Waals surface area contributed by atoms with Gasteiger partial charge >= 0.3 is 0 Å². The van der Waals surface area contributed by atoms with Gasteiger partial charge in [0, 0.05) is 5.02 Å². The fourth-order valence-corrected chi connectivity index (χ4v) is 2.73. The minimum Gasteiger partial charge on any atom is -0.493 e. The molecular weight excluding hydrogens is 278 g/mol. The number of aliphatic hydroxyl groups excluding tert-OH is 1. The summed E-state index contributed by atoms with van der Waals surface area (Å²) in [5.74, 6) is 0.575. The van der Waals surface area contributed by atoms with Crippen molar-refractivity contribution in [2.24, 2.45) is 0 Å². The van der Waals surface area contributed by atoms with E-state index in [9.17, 15) is 9.90 Å². The molecule has 1 saturated carbocycles. The molecule has 0 atom stereocenters. The van der Waals surface area contributed by atoms with E-state index in [1.54, 1.807) is 24.3 Å². The van der Waals surface area contributed by atoms with Crippen LogP contribution in [0.1, 0.15) is 32.1 Å². The van der Waals surface area contributed by atoms with Crippen molar-refractivity contribution in [1.29, 1.82) is 0 Å². The maximum atomic E-state index is 11.9. The molecule has 2 rings (SSSR count). The van der Waals surface area contributed by atoms with E-state index in [1.165, 1.54) is 0 Å². The number of aliphatic hydroxyl groups is 1. The summed E-state index contributed by atoms with van der Waals surface area (Å²) in [6, 6.07) is 7.09. The predicted octanol–water partition coefficient (Wildman–Crippen LogP) is 2.53. The van der Waals surface area contributed by atoms with Gasteiger partial charge in [-0.05, 0) is 31.0 Å². The Morgan fingerprint density at radius 3 is 2.80 bits per heavy atom. The lowest BCUT2D eigenvalue weighted by atomic mass is 9.99. The Kier molecular flexibility index (Phi) is 5.26. The Morgan fingerprint density at radius 2 is 2.15 bits per heavy atom. The van der Waals surface area contributed by atoms with Crippen LogP contribution in [0.4, 0.5) is 0 Å². The molecule has 1 aromatic rings. The Hall–Kier alpha value is -1.26. The second-order valence-electron chi connectivity index (χ2n) is 5.25. The van der Waals surface area contributed by atoms with Crippen molar-refractivity contribution < 1.29 is 14.6 Å². The highest BCUT2D eigenvalue weighted by Gasteiger charge is 2.34. The van der Waals surface area contributed by atoms with Crippen LogP contribution in [0.5, 0.6) is 5.75 Å². The normalized spacial score (nSPS) is 16.9. The van der Waals surface area contributed by atoms with Gasteiger partial charge in [0.1, 0.15) is 5.75 Å². The van der Waals surface area contributed by atoms with Gasteiger partial charge in [-0.25, -0.2) is 0 Å². The quantitative estimate of drug-likeness (QED) is 0.848. The molecule has 5 heteroatoms. The number of halogens is 1. The van der Waals surface area contributed by atoms with Gasteiger partial charge in [0.25, 0.3) is 0 Å². The smallest absolute Gasteiger partial charge is 0.223 e. The van der Waals surface area contributed by atoms with Crippen molar-refractivity contribution in [3.63, 3.8) is 0 Å². The van der Waals surface area contributed by atoms with Crippen molar-refractivity contribution >= 4 is 17.5 Å². The minimum atomic E-state index is -0.410. The third kappa shape index (κ3) is 4.12. The second-order valence-corrected chi connectivity index (χ2v) is 5.69. The van der Waals surface area contributed by atoms with E-state index in [2.05, 4.69) is 5.32 Å². The van der Waals surface area contributed by atoms with Gasteiger partial charge in [-0.15, -0.1) is 0 Å². The molecule has 0 unspecified atom stereocenters. The standard InChI is InChI=1S/C15H20ClNO3/c16-12-4-3-5-13(10-12)20-9-6-14(19)17-15(11-18)7-1-2-8-15/h3-5,10,18H,1-2,6-9,11H2,(H,17,19). The average molecular weight is 298 g/mol. The number of carbonyl (C=O) groups excluding carboxylic acids is 1.